The van der Waals surface area contributed by atoms with Crippen molar-refractivity contribution in [3.05, 3.63) is 92.9 Å². The number of aliphatic imine (C=N–C) groups is 1. The molecule has 1 atom stereocenters. The highest BCUT2D eigenvalue weighted by molar-refractivity contribution is 6.38. The van der Waals surface area contributed by atoms with Crippen molar-refractivity contribution in [3.63, 3.8) is 0 Å². The molecule has 0 fully saturated rings. The molecule has 4 N–H and O–H groups in total. The summed E-state index contributed by atoms with van der Waals surface area (Å²) in [7, 11) is 1.37. The predicted molar refractivity (Wildman–Crippen MR) is 141 cm³/mol. The number of pyridine rings is 1. The molecule has 1 unspecified atom stereocenters. The summed E-state index contributed by atoms with van der Waals surface area (Å²) in [6, 6.07) is 11.2. The lowest BCUT2D eigenvalue weighted by Gasteiger charge is -2.27. The van der Waals surface area contributed by atoms with Crippen LogP contribution in [0.4, 0.5) is 14.5 Å². The number of benzene rings is 2. The van der Waals surface area contributed by atoms with Gasteiger partial charge in [0.1, 0.15) is 17.4 Å². The van der Waals surface area contributed by atoms with E-state index in [1.165, 1.54) is 49.7 Å². The third kappa shape index (κ3) is 5.97. The summed E-state index contributed by atoms with van der Waals surface area (Å²) in [4.78, 5) is 52.3. The molecule has 13 heteroatoms. The number of fused-ring (bicyclic) bond motifs is 1. The van der Waals surface area contributed by atoms with Gasteiger partial charge in [-0.25, -0.2) is 18.8 Å². The SMILES string of the molecule is COc1ncc2cc(C(C=O)=Nc3cc(C(=O)NC(c4ccccc4)C(F)(F)CN)ccc3Cl)c(=O)[nH]c2n1. The Labute approximate surface area is 224 Å². The first kappa shape index (κ1) is 27.5. The Morgan fingerprint density at radius 1 is 1.26 bits per heavy atom. The van der Waals surface area contributed by atoms with E-state index in [4.69, 9.17) is 22.1 Å². The van der Waals surface area contributed by atoms with Crippen molar-refractivity contribution < 1.29 is 23.1 Å². The van der Waals surface area contributed by atoms with E-state index in [2.05, 4.69) is 25.3 Å². The predicted octanol–water partition coefficient (Wildman–Crippen LogP) is 3.36. The largest absolute Gasteiger partial charge is 0.467 e. The van der Waals surface area contributed by atoms with E-state index in [1.54, 1.807) is 18.2 Å². The number of carbonyl (C=O) groups is 2. The van der Waals surface area contributed by atoms with Gasteiger partial charge in [-0.15, -0.1) is 0 Å². The summed E-state index contributed by atoms with van der Waals surface area (Å²) in [5, 5.41) is 2.76. The van der Waals surface area contributed by atoms with Crippen LogP contribution in [0.5, 0.6) is 6.01 Å². The van der Waals surface area contributed by atoms with Gasteiger partial charge in [-0.2, -0.15) is 4.98 Å². The number of nitrogens with zero attached hydrogens (tertiary/aromatic N) is 3. The number of methoxy groups -OCH3 is 1. The fourth-order valence-electron chi connectivity index (χ4n) is 3.70. The molecule has 0 spiro atoms. The monoisotopic (exact) mass is 554 g/mol. The van der Waals surface area contributed by atoms with E-state index in [0.717, 1.165) is 0 Å². The summed E-state index contributed by atoms with van der Waals surface area (Å²) in [5.41, 5.74) is 4.43. The van der Waals surface area contributed by atoms with E-state index in [1.807, 2.05) is 0 Å². The Kier molecular flexibility index (Phi) is 8.07. The number of nitrogens with one attached hydrogen (secondary N) is 2. The lowest BCUT2D eigenvalue weighted by molar-refractivity contribution is -0.102. The quantitative estimate of drug-likeness (QED) is 0.212. The summed E-state index contributed by atoms with van der Waals surface area (Å²) in [6.07, 6.45) is 1.73. The molecule has 39 heavy (non-hydrogen) atoms. The molecule has 0 saturated heterocycles. The molecule has 200 valence electrons. The molecule has 4 aromatic rings. The van der Waals surface area contributed by atoms with Crippen LogP contribution in [0, 0.1) is 0 Å². The topological polar surface area (TPSA) is 152 Å². The third-order valence-corrected chi connectivity index (χ3v) is 6.01. The number of aldehydes is 1. The first-order chi connectivity index (χ1) is 18.7. The number of carbonyl (C=O) groups excluding carboxylic acids is 2. The molecule has 10 nitrogen and oxygen atoms in total. The van der Waals surface area contributed by atoms with E-state index in [0.29, 0.717) is 11.7 Å². The number of hydrogen-bond acceptors (Lipinski definition) is 8. The number of hydrogen-bond donors (Lipinski definition) is 3. The Balaban J connectivity index is 1.70. The first-order valence-electron chi connectivity index (χ1n) is 11.4. The molecule has 0 radical (unpaired) electrons. The Hall–Kier alpha value is -4.55. The van der Waals surface area contributed by atoms with Gasteiger partial charge in [0, 0.05) is 17.1 Å². The van der Waals surface area contributed by atoms with Crippen molar-refractivity contribution in [2.45, 2.75) is 12.0 Å². The standard InChI is InChI=1S/C26H21ClF2N6O4/c1-39-25-31-11-16-9-17(24(38)34-22(16)35-25)20(12-36)32-19-10-15(7-8-18(19)27)23(37)33-21(26(28,29)13-30)14-5-3-2-4-6-14/h2-12,21H,13,30H2,1H3,(H,33,37)(H,31,34,35,38). The lowest BCUT2D eigenvalue weighted by Crippen LogP contribution is -2.44. The van der Waals surface area contributed by atoms with Crippen molar-refractivity contribution in [3.8, 4) is 6.01 Å². The van der Waals surface area contributed by atoms with Crippen molar-refractivity contribution in [2.24, 2.45) is 10.7 Å². The third-order valence-electron chi connectivity index (χ3n) is 5.69. The summed E-state index contributed by atoms with van der Waals surface area (Å²) in [6.45, 7) is -0.996. The maximum absolute atomic E-state index is 14.6. The highest BCUT2D eigenvalue weighted by Crippen LogP contribution is 2.32. The van der Waals surface area contributed by atoms with Crippen LogP contribution in [0.1, 0.15) is 27.5 Å². The second kappa shape index (κ2) is 11.5. The van der Waals surface area contributed by atoms with Crippen LogP contribution < -0.4 is 21.3 Å². The van der Waals surface area contributed by atoms with Crippen LogP contribution in [0.15, 0.2) is 70.6 Å². The molecule has 0 saturated carbocycles. The fraction of sp³-hybridized carbons (Fsp3) is 0.154. The molecule has 2 aromatic carbocycles. The molecule has 1 amide bonds. The number of rotatable bonds is 9. The van der Waals surface area contributed by atoms with Gasteiger partial charge < -0.3 is 20.8 Å². The minimum absolute atomic E-state index is 0.0378. The Morgan fingerprint density at radius 2 is 2.00 bits per heavy atom. The number of ether oxygens (including phenoxy) is 1. The van der Waals surface area contributed by atoms with Crippen LogP contribution >= 0.6 is 11.6 Å². The normalized spacial score (nSPS) is 12.7. The van der Waals surface area contributed by atoms with E-state index >= 15 is 0 Å². The number of H-pyrrole nitrogens is 1. The van der Waals surface area contributed by atoms with Crippen molar-refractivity contribution >= 4 is 46.2 Å². The molecule has 0 bridgehead atoms. The van der Waals surface area contributed by atoms with Crippen molar-refractivity contribution in [1.82, 2.24) is 20.3 Å². The molecule has 2 heterocycles. The zero-order valence-corrected chi connectivity index (χ0v) is 21.1. The molecule has 0 aliphatic rings. The van der Waals surface area contributed by atoms with Gasteiger partial charge in [0.15, 0.2) is 6.29 Å². The minimum Gasteiger partial charge on any atom is -0.467 e. The van der Waals surface area contributed by atoms with Crippen LogP contribution in [-0.4, -0.2) is 52.4 Å². The number of nitrogens with two attached hydrogens (primary N) is 1. The average molecular weight is 555 g/mol. The molecule has 0 aliphatic carbocycles. The molecular weight excluding hydrogens is 534 g/mol. The van der Waals surface area contributed by atoms with Crippen LogP contribution in [0.2, 0.25) is 5.02 Å². The number of alkyl halides is 2. The Bertz CT molecular complexity index is 1630. The number of aromatic amines is 1. The van der Waals surface area contributed by atoms with E-state index in [-0.39, 0.29) is 44.8 Å². The highest BCUT2D eigenvalue weighted by Gasteiger charge is 2.40. The molecule has 0 aliphatic heterocycles. The number of aromatic nitrogens is 3. The number of amides is 1. The van der Waals surface area contributed by atoms with Crippen LogP contribution in [-0.2, 0) is 4.79 Å². The molecular formula is C26H21ClF2N6O4. The van der Waals surface area contributed by atoms with Gasteiger partial charge in [-0.3, -0.25) is 14.4 Å². The van der Waals surface area contributed by atoms with Crippen LogP contribution in [0.3, 0.4) is 0 Å². The van der Waals surface area contributed by atoms with Crippen LogP contribution in [0.25, 0.3) is 11.0 Å². The van der Waals surface area contributed by atoms with Gasteiger partial charge in [0.2, 0.25) is 0 Å². The fourth-order valence-corrected chi connectivity index (χ4v) is 3.85. The average Bonchev–Trinajstić information content (AvgIpc) is 2.95. The highest BCUT2D eigenvalue weighted by atomic mass is 35.5. The summed E-state index contributed by atoms with van der Waals surface area (Å²) in [5.74, 6) is -4.30. The van der Waals surface area contributed by atoms with Gasteiger partial charge in [0.25, 0.3) is 17.4 Å². The van der Waals surface area contributed by atoms with E-state index < -0.39 is 30.0 Å². The summed E-state index contributed by atoms with van der Waals surface area (Å²) >= 11 is 6.24. The number of halogens is 3. The van der Waals surface area contributed by atoms with Gasteiger partial charge >= 0.3 is 6.01 Å². The zero-order chi connectivity index (χ0) is 28.2. The molecule has 2 aromatic heterocycles. The minimum atomic E-state index is -3.44. The smallest absolute Gasteiger partial charge is 0.318 e. The van der Waals surface area contributed by atoms with Crippen molar-refractivity contribution in [2.75, 3.05) is 13.7 Å². The van der Waals surface area contributed by atoms with Crippen molar-refractivity contribution in [1.29, 1.82) is 0 Å². The Morgan fingerprint density at radius 3 is 2.67 bits per heavy atom. The maximum Gasteiger partial charge on any atom is 0.318 e. The van der Waals surface area contributed by atoms with E-state index in [9.17, 15) is 23.2 Å². The van der Waals surface area contributed by atoms with Gasteiger partial charge in [0.05, 0.1) is 29.9 Å². The summed E-state index contributed by atoms with van der Waals surface area (Å²) < 4.78 is 34.2. The van der Waals surface area contributed by atoms with Gasteiger partial charge in [-0.1, -0.05) is 41.9 Å². The first-order valence-corrected chi connectivity index (χ1v) is 11.8. The lowest BCUT2D eigenvalue weighted by atomic mass is 9.99. The molecule has 4 rings (SSSR count). The second-order valence-corrected chi connectivity index (χ2v) is 8.64. The van der Waals surface area contributed by atoms with Gasteiger partial charge in [-0.05, 0) is 29.8 Å². The maximum atomic E-state index is 14.6. The second-order valence-electron chi connectivity index (χ2n) is 8.24. The zero-order valence-electron chi connectivity index (χ0n) is 20.3.